The van der Waals surface area contributed by atoms with Crippen LogP contribution < -0.4 is 4.74 Å². The maximum Gasteiger partial charge on any atom is 0.213 e. The average molecular weight is 436 g/mol. The normalized spacial score (nSPS) is 15.1. The number of para-hydroxylation sites is 1. The molecule has 0 saturated carbocycles. The molecule has 1 atom stereocenters. The molecule has 160 valence electrons. The monoisotopic (exact) mass is 435 g/mol. The van der Waals surface area contributed by atoms with E-state index in [9.17, 15) is 5.11 Å². The second kappa shape index (κ2) is 7.90. The van der Waals surface area contributed by atoms with E-state index in [1.165, 1.54) is 10.9 Å². The molecule has 0 radical (unpaired) electrons. The summed E-state index contributed by atoms with van der Waals surface area (Å²) < 4.78 is 15.1. The number of benzene rings is 2. The first-order valence-electron chi connectivity index (χ1n) is 10.4. The molecular weight excluding hydrogens is 410 g/mol. The van der Waals surface area contributed by atoms with Gasteiger partial charge in [-0.05, 0) is 48.0 Å². The molecule has 0 saturated heterocycles. The SMILES string of the molecule is COCCCn1c(O)c2n(c1=S)C(c1ccc(OC)cc1)c1[nH]c3ccccc3c1C2. The van der Waals surface area contributed by atoms with Gasteiger partial charge >= 0.3 is 0 Å². The van der Waals surface area contributed by atoms with Gasteiger partial charge in [0.15, 0.2) is 4.77 Å². The molecule has 5 rings (SSSR count). The minimum Gasteiger partial charge on any atom is -0.497 e. The standard InChI is InChI=1S/C24H25N3O3S/c1-29-13-5-12-26-23(28)20-14-18-17-6-3-4-7-19(17)25-21(18)22(27(20)24(26)31)15-8-10-16(30-2)11-9-15/h3-4,6-11,22,25,28H,5,12-14H2,1-2H3. The van der Waals surface area contributed by atoms with Gasteiger partial charge in [-0.3, -0.25) is 4.57 Å². The number of H-pyrrole nitrogens is 1. The van der Waals surface area contributed by atoms with E-state index >= 15 is 0 Å². The number of nitrogens with one attached hydrogen (secondary N) is 1. The topological polar surface area (TPSA) is 64.3 Å². The predicted molar refractivity (Wildman–Crippen MR) is 123 cm³/mol. The molecule has 1 unspecified atom stereocenters. The molecule has 2 aromatic heterocycles. The summed E-state index contributed by atoms with van der Waals surface area (Å²) in [5.74, 6) is 1.05. The largest absolute Gasteiger partial charge is 0.497 e. The Balaban J connectivity index is 1.72. The first-order chi connectivity index (χ1) is 15.1. The van der Waals surface area contributed by atoms with Gasteiger partial charge in [0, 0.05) is 43.3 Å². The molecule has 6 nitrogen and oxygen atoms in total. The third-order valence-corrected chi connectivity index (χ3v) is 6.54. The summed E-state index contributed by atoms with van der Waals surface area (Å²) in [6.07, 6.45) is 1.40. The minimum absolute atomic E-state index is 0.154. The van der Waals surface area contributed by atoms with E-state index in [0.717, 1.165) is 34.6 Å². The molecule has 0 bridgehead atoms. The van der Waals surface area contributed by atoms with Crippen molar-refractivity contribution < 1.29 is 14.6 Å². The van der Waals surface area contributed by atoms with E-state index in [1.54, 1.807) is 14.2 Å². The van der Waals surface area contributed by atoms with Crippen LogP contribution in [0.3, 0.4) is 0 Å². The lowest BCUT2D eigenvalue weighted by Gasteiger charge is -2.26. The third kappa shape index (κ3) is 3.16. The molecule has 2 N–H and O–H groups in total. The zero-order chi connectivity index (χ0) is 21.5. The maximum atomic E-state index is 11.1. The van der Waals surface area contributed by atoms with E-state index in [4.69, 9.17) is 21.7 Å². The fraction of sp³-hybridized carbons (Fsp3) is 0.292. The van der Waals surface area contributed by atoms with Crippen LogP contribution in [0.4, 0.5) is 0 Å². The number of fused-ring (bicyclic) bond motifs is 4. The van der Waals surface area contributed by atoms with Crippen LogP contribution in [-0.4, -0.2) is 40.1 Å². The summed E-state index contributed by atoms with van der Waals surface area (Å²) >= 11 is 5.87. The lowest BCUT2D eigenvalue weighted by molar-refractivity contribution is 0.189. The second-order valence-electron chi connectivity index (χ2n) is 7.84. The third-order valence-electron chi connectivity index (χ3n) is 6.13. The van der Waals surface area contributed by atoms with E-state index in [1.807, 2.05) is 22.8 Å². The zero-order valence-corrected chi connectivity index (χ0v) is 18.4. The first-order valence-corrected chi connectivity index (χ1v) is 10.8. The highest BCUT2D eigenvalue weighted by atomic mass is 32.1. The number of aromatic nitrogens is 3. The summed E-state index contributed by atoms with van der Waals surface area (Å²) in [6.45, 7) is 1.23. The molecule has 31 heavy (non-hydrogen) atoms. The summed E-state index contributed by atoms with van der Waals surface area (Å²) in [7, 11) is 3.35. The van der Waals surface area contributed by atoms with Gasteiger partial charge in [0.25, 0.3) is 0 Å². The highest BCUT2D eigenvalue weighted by molar-refractivity contribution is 7.71. The number of hydrogen-bond acceptors (Lipinski definition) is 4. The van der Waals surface area contributed by atoms with Gasteiger partial charge in [-0.25, -0.2) is 0 Å². The second-order valence-corrected chi connectivity index (χ2v) is 8.20. The molecule has 1 aliphatic heterocycles. The van der Waals surface area contributed by atoms with Crippen LogP contribution in [-0.2, 0) is 17.7 Å². The number of rotatable bonds is 6. The van der Waals surface area contributed by atoms with Gasteiger partial charge in [-0.2, -0.15) is 0 Å². The Labute approximate surface area is 185 Å². The Hall–Kier alpha value is -3.03. The average Bonchev–Trinajstić information content (AvgIpc) is 3.28. The van der Waals surface area contributed by atoms with Gasteiger partial charge in [0.1, 0.15) is 11.8 Å². The zero-order valence-electron chi connectivity index (χ0n) is 17.6. The fourth-order valence-electron chi connectivity index (χ4n) is 4.64. The van der Waals surface area contributed by atoms with Crippen LogP contribution >= 0.6 is 12.2 Å². The lowest BCUT2D eigenvalue weighted by atomic mass is 9.93. The van der Waals surface area contributed by atoms with Crippen LogP contribution in [0.15, 0.2) is 48.5 Å². The van der Waals surface area contributed by atoms with Gasteiger partial charge in [0.2, 0.25) is 5.88 Å². The van der Waals surface area contributed by atoms with Crippen molar-refractivity contribution in [1.29, 1.82) is 0 Å². The van der Waals surface area contributed by atoms with Gasteiger partial charge in [-0.1, -0.05) is 30.3 Å². The number of nitrogens with zero attached hydrogens (tertiary/aromatic N) is 2. The first kappa shape index (κ1) is 19.9. The van der Waals surface area contributed by atoms with Gasteiger partial charge in [-0.15, -0.1) is 0 Å². The van der Waals surface area contributed by atoms with Crippen LogP contribution in [0.25, 0.3) is 10.9 Å². The van der Waals surface area contributed by atoms with Crippen molar-refractivity contribution >= 4 is 23.1 Å². The summed E-state index contributed by atoms with van der Waals surface area (Å²) in [6, 6.07) is 16.2. The van der Waals surface area contributed by atoms with Crippen LogP contribution in [0.2, 0.25) is 0 Å². The summed E-state index contributed by atoms with van der Waals surface area (Å²) in [5, 5.41) is 12.3. The van der Waals surface area contributed by atoms with Crippen molar-refractivity contribution in [3.05, 3.63) is 75.8 Å². The van der Waals surface area contributed by atoms with E-state index in [0.29, 0.717) is 24.3 Å². The Morgan fingerprint density at radius 2 is 1.90 bits per heavy atom. The molecule has 4 aromatic rings. The molecular formula is C24H25N3O3S. The quantitative estimate of drug-likeness (QED) is 0.297. The molecule has 1 aliphatic rings. The van der Waals surface area contributed by atoms with Crippen molar-refractivity contribution in [3.8, 4) is 11.6 Å². The van der Waals surface area contributed by atoms with E-state index < -0.39 is 0 Å². The molecule has 0 aliphatic carbocycles. The molecule has 7 heteroatoms. The maximum absolute atomic E-state index is 11.1. The predicted octanol–water partition coefficient (Wildman–Crippen LogP) is 4.79. The lowest BCUT2D eigenvalue weighted by Crippen LogP contribution is -2.21. The Kier molecular flexibility index (Phi) is 5.08. The minimum atomic E-state index is -0.154. The Morgan fingerprint density at radius 3 is 2.65 bits per heavy atom. The van der Waals surface area contributed by atoms with Crippen LogP contribution in [0.5, 0.6) is 11.6 Å². The van der Waals surface area contributed by atoms with Crippen molar-refractivity contribution in [2.75, 3.05) is 20.8 Å². The van der Waals surface area contributed by atoms with Crippen molar-refractivity contribution in [2.24, 2.45) is 0 Å². The number of ether oxygens (including phenoxy) is 2. The van der Waals surface area contributed by atoms with Crippen LogP contribution in [0.1, 0.15) is 35.0 Å². The molecule has 3 heterocycles. The summed E-state index contributed by atoms with van der Waals surface area (Å²) in [5.41, 5.74) is 5.34. The smallest absolute Gasteiger partial charge is 0.213 e. The molecule has 0 spiro atoms. The van der Waals surface area contributed by atoms with E-state index in [-0.39, 0.29) is 11.9 Å². The number of aromatic hydroxyl groups is 1. The van der Waals surface area contributed by atoms with Crippen molar-refractivity contribution in [1.82, 2.24) is 14.1 Å². The molecule has 0 amide bonds. The Bertz CT molecular complexity index is 1300. The molecule has 2 aromatic carbocycles. The summed E-state index contributed by atoms with van der Waals surface area (Å²) in [4.78, 5) is 3.63. The number of methoxy groups -OCH3 is 2. The van der Waals surface area contributed by atoms with Gasteiger partial charge in [0.05, 0.1) is 12.8 Å². The van der Waals surface area contributed by atoms with Gasteiger partial charge < -0.3 is 24.1 Å². The molecule has 0 fully saturated rings. The highest BCUT2D eigenvalue weighted by Crippen LogP contribution is 2.42. The number of hydrogen-bond donors (Lipinski definition) is 2. The van der Waals surface area contributed by atoms with Crippen molar-refractivity contribution in [2.45, 2.75) is 25.4 Å². The number of aromatic amines is 1. The van der Waals surface area contributed by atoms with Crippen molar-refractivity contribution in [3.63, 3.8) is 0 Å². The fourth-order valence-corrected chi connectivity index (χ4v) is 5.04. The van der Waals surface area contributed by atoms with E-state index in [2.05, 4.69) is 39.9 Å². The van der Waals surface area contributed by atoms with Crippen LogP contribution in [0, 0.1) is 4.77 Å². The number of imidazole rings is 1. The Morgan fingerprint density at radius 1 is 1.13 bits per heavy atom. The highest BCUT2D eigenvalue weighted by Gasteiger charge is 2.34.